The van der Waals surface area contributed by atoms with E-state index in [0.717, 1.165) is 0 Å². The molecular formula is C21H18FeO4-6. The Labute approximate surface area is 162 Å². The minimum Gasteiger partial charge on any atom is -0.748 e. The molecule has 0 heterocycles. The monoisotopic (exact) mass is 390 g/mol. The van der Waals surface area contributed by atoms with E-state index in [1.165, 1.54) is 25.1 Å². The molecule has 1 N–H and O–H groups in total. The second-order valence-electron chi connectivity index (χ2n) is 5.22. The second kappa shape index (κ2) is 10.2. The van der Waals surface area contributed by atoms with Gasteiger partial charge in [0.25, 0.3) is 0 Å². The molecule has 0 unspecified atom stereocenters. The summed E-state index contributed by atoms with van der Waals surface area (Å²) < 4.78 is 4.83. The topological polar surface area (TPSA) is 63.6 Å². The van der Waals surface area contributed by atoms with Crippen LogP contribution in [0.1, 0.15) is 22.8 Å². The summed E-state index contributed by atoms with van der Waals surface area (Å²) in [5.74, 6) is -0.931. The fraction of sp³-hybridized carbons (Fsp3) is 0.0476. The Morgan fingerprint density at radius 1 is 1.08 bits per heavy atom. The van der Waals surface area contributed by atoms with Crippen molar-refractivity contribution in [3.63, 3.8) is 0 Å². The second-order valence-corrected chi connectivity index (χ2v) is 5.22. The standard InChI is InChI=1S/C16H13O4.C5H5.Fe/c1-10(12-5-3-4-6-12)16(19)14-8-7-13(9-15(14)18)20-11(2)17;1-2-4-5-3-1;/h3-9,18H,1H2,2H3;1-5H;/q-1;-5;. The van der Waals surface area contributed by atoms with Crippen molar-refractivity contribution >= 4 is 17.3 Å². The minimum atomic E-state index is -0.496. The number of ether oxygens (including phenoxy) is 1. The number of carbonyl (C=O) groups excluding carboxylic acids is 2. The molecule has 0 saturated carbocycles. The predicted molar refractivity (Wildman–Crippen MR) is 96.9 cm³/mol. The van der Waals surface area contributed by atoms with E-state index in [0.29, 0.717) is 11.1 Å². The molecule has 0 aliphatic carbocycles. The molecule has 0 saturated heterocycles. The van der Waals surface area contributed by atoms with Crippen LogP contribution in [-0.2, 0) is 21.9 Å². The van der Waals surface area contributed by atoms with E-state index in [2.05, 4.69) is 6.58 Å². The van der Waals surface area contributed by atoms with Crippen molar-refractivity contribution in [2.45, 2.75) is 6.92 Å². The van der Waals surface area contributed by atoms with Gasteiger partial charge < -0.3 is 45.0 Å². The van der Waals surface area contributed by atoms with Crippen molar-refractivity contribution in [1.82, 2.24) is 0 Å². The molecule has 0 aliphatic heterocycles. The molecule has 0 radical (unpaired) electrons. The fourth-order valence-corrected chi connectivity index (χ4v) is 2.12. The number of rotatable bonds is 4. The molecule has 4 nitrogen and oxygen atoms in total. The van der Waals surface area contributed by atoms with Crippen LogP contribution in [0.2, 0.25) is 0 Å². The molecule has 3 aromatic carbocycles. The Balaban J connectivity index is 0.000000486. The zero-order chi connectivity index (χ0) is 18.2. The van der Waals surface area contributed by atoms with E-state index in [1.54, 1.807) is 24.3 Å². The van der Waals surface area contributed by atoms with Gasteiger partial charge in [0.05, 0.1) is 0 Å². The average molecular weight is 390 g/mol. The average Bonchev–Trinajstić information content (AvgIpc) is 3.29. The van der Waals surface area contributed by atoms with Crippen LogP contribution in [0.3, 0.4) is 0 Å². The number of hydrogen-bond acceptors (Lipinski definition) is 4. The Morgan fingerprint density at radius 2 is 1.62 bits per heavy atom. The maximum atomic E-state index is 12.2. The number of benzene rings is 1. The number of phenolic OH excluding ortho intramolecular Hbond substituents is 1. The number of phenols is 1. The summed E-state index contributed by atoms with van der Waals surface area (Å²) >= 11 is 0. The number of allylic oxidation sites excluding steroid dienone is 1. The summed E-state index contributed by atoms with van der Waals surface area (Å²) in [4.78, 5) is 23.1. The van der Waals surface area contributed by atoms with E-state index < -0.39 is 5.97 Å². The number of aromatic hydroxyl groups is 1. The Bertz CT molecular complexity index is 829. The van der Waals surface area contributed by atoms with Crippen LogP contribution in [0.25, 0.3) is 5.57 Å². The van der Waals surface area contributed by atoms with Gasteiger partial charge in [0.1, 0.15) is 17.3 Å². The Morgan fingerprint density at radius 3 is 2.08 bits per heavy atom. The third kappa shape index (κ3) is 5.88. The van der Waals surface area contributed by atoms with Gasteiger partial charge in [0, 0.05) is 35.6 Å². The van der Waals surface area contributed by atoms with E-state index in [-0.39, 0.29) is 39.9 Å². The first-order valence-corrected chi connectivity index (χ1v) is 7.63. The number of carbonyl (C=O) groups is 2. The van der Waals surface area contributed by atoms with Gasteiger partial charge >= 0.3 is 5.97 Å². The molecule has 0 spiro atoms. The Hall–Kier alpha value is -2.88. The number of esters is 1. The van der Waals surface area contributed by atoms with Crippen molar-refractivity contribution in [2.75, 3.05) is 0 Å². The first kappa shape index (κ1) is 21.2. The normalized spacial score (nSPS) is 9.27. The largest absolute Gasteiger partial charge is 0.748 e. The van der Waals surface area contributed by atoms with E-state index >= 15 is 0 Å². The van der Waals surface area contributed by atoms with Gasteiger partial charge in [-0.05, 0) is 6.07 Å². The van der Waals surface area contributed by atoms with Crippen molar-refractivity contribution in [1.29, 1.82) is 0 Å². The number of hydrogen-bond donors (Lipinski definition) is 1. The molecule has 0 aromatic heterocycles. The summed E-state index contributed by atoms with van der Waals surface area (Å²) in [6, 6.07) is 21.2. The molecule has 0 atom stereocenters. The molecule has 140 valence electrons. The fourth-order valence-electron chi connectivity index (χ4n) is 2.12. The summed E-state index contributed by atoms with van der Waals surface area (Å²) in [6.45, 7) is 5.00. The maximum absolute atomic E-state index is 12.2. The summed E-state index contributed by atoms with van der Waals surface area (Å²) in [7, 11) is 0. The van der Waals surface area contributed by atoms with Gasteiger partial charge in [-0.2, -0.15) is 18.7 Å². The van der Waals surface area contributed by atoms with Crippen molar-refractivity contribution < 1.29 is 36.5 Å². The zero-order valence-corrected chi connectivity index (χ0v) is 15.3. The summed E-state index contributed by atoms with van der Waals surface area (Å²) in [5.41, 5.74) is 1.12. The van der Waals surface area contributed by atoms with Crippen LogP contribution in [-0.4, -0.2) is 16.9 Å². The minimum absolute atomic E-state index is 0. The molecule has 5 heteroatoms. The first-order valence-electron chi connectivity index (χ1n) is 7.63. The third-order valence-corrected chi connectivity index (χ3v) is 3.32. The molecule has 0 bridgehead atoms. The molecule has 26 heavy (non-hydrogen) atoms. The quantitative estimate of drug-likeness (QED) is 0.180. The SMILES string of the molecule is C=C(C(=O)c1ccc(OC(C)=O)cc1O)[c-]1cccc1.[Fe].[cH-]1[cH-][cH-][cH-][cH-]1. The molecule has 0 aliphatic rings. The first-order chi connectivity index (χ1) is 12.0. The van der Waals surface area contributed by atoms with Crippen LogP contribution in [0.4, 0.5) is 0 Å². The summed E-state index contributed by atoms with van der Waals surface area (Å²) in [6.07, 6.45) is 0. The summed E-state index contributed by atoms with van der Waals surface area (Å²) in [5, 5.41) is 9.87. The third-order valence-electron chi connectivity index (χ3n) is 3.32. The van der Waals surface area contributed by atoms with Gasteiger partial charge in [0.2, 0.25) is 0 Å². The van der Waals surface area contributed by atoms with Crippen LogP contribution in [0.5, 0.6) is 11.5 Å². The van der Waals surface area contributed by atoms with Crippen LogP contribution < -0.4 is 4.74 Å². The van der Waals surface area contributed by atoms with Gasteiger partial charge in [-0.3, -0.25) is 4.79 Å². The predicted octanol–water partition coefficient (Wildman–Crippen LogP) is 4.34. The van der Waals surface area contributed by atoms with Crippen LogP contribution in [0, 0.1) is 0 Å². The van der Waals surface area contributed by atoms with E-state index in [9.17, 15) is 14.7 Å². The van der Waals surface area contributed by atoms with E-state index in [4.69, 9.17) is 4.74 Å². The molecule has 3 rings (SSSR count). The van der Waals surface area contributed by atoms with Gasteiger partial charge in [0.15, 0.2) is 0 Å². The van der Waals surface area contributed by atoms with Crippen molar-refractivity contribution in [3.05, 3.63) is 90.5 Å². The smallest absolute Gasteiger partial charge is 0.308 e. The van der Waals surface area contributed by atoms with Crippen LogP contribution in [0.15, 0.2) is 79.4 Å². The van der Waals surface area contributed by atoms with Gasteiger partial charge in [-0.1, -0.05) is 17.2 Å². The van der Waals surface area contributed by atoms with Crippen LogP contribution >= 0.6 is 0 Å². The Kier molecular flexibility index (Phi) is 8.29. The number of Topliss-reactive ketones (excluding diaryl/α,β-unsaturated/α-hetero) is 1. The van der Waals surface area contributed by atoms with Gasteiger partial charge in [-0.15, -0.1) is 12.1 Å². The van der Waals surface area contributed by atoms with Crippen molar-refractivity contribution in [2.24, 2.45) is 0 Å². The molecular weight excluding hydrogens is 372 g/mol. The maximum Gasteiger partial charge on any atom is 0.308 e. The zero-order valence-electron chi connectivity index (χ0n) is 14.2. The molecule has 3 aromatic rings. The molecule has 0 fully saturated rings. The van der Waals surface area contributed by atoms with E-state index in [1.807, 2.05) is 30.3 Å². The molecule has 0 amide bonds. The van der Waals surface area contributed by atoms with Crippen molar-refractivity contribution in [3.8, 4) is 11.5 Å². The van der Waals surface area contributed by atoms with Gasteiger partial charge in [-0.25, -0.2) is 0 Å². The number of ketones is 1.